The average Bonchev–Trinajstić information content (AvgIpc) is 2.44. The molecule has 3 nitrogen and oxygen atoms in total. The van der Waals surface area contributed by atoms with Crippen molar-refractivity contribution in [2.45, 2.75) is 24.9 Å². The van der Waals surface area contributed by atoms with Gasteiger partial charge in [0.2, 0.25) is 0 Å². The molecule has 1 aliphatic heterocycles. The zero-order valence-corrected chi connectivity index (χ0v) is 12.6. The zero-order chi connectivity index (χ0) is 13.8. The van der Waals surface area contributed by atoms with Crippen molar-refractivity contribution in [3.63, 3.8) is 0 Å². The van der Waals surface area contributed by atoms with Gasteiger partial charge in [0, 0.05) is 31.8 Å². The number of ether oxygens (including phenoxy) is 1. The topological polar surface area (TPSA) is 38.5 Å². The molecule has 0 radical (unpaired) electrons. The molecule has 106 valence electrons. The van der Waals surface area contributed by atoms with Crippen LogP contribution >= 0.6 is 23.2 Å². The van der Waals surface area contributed by atoms with E-state index in [4.69, 9.17) is 33.7 Å². The highest BCUT2D eigenvalue weighted by Gasteiger charge is 2.25. The average molecular weight is 303 g/mol. The highest BCUT2D eigenvalue weighted by atomic mass is 35.5. The van der Waals surface area contributed by atoms with Crippen molar-refractivity contribution in [3.8, 4) is 0 Å². The summed E-state index contributed by atoms with van der Waals surface area (Å²) in [6.07, 6.45) is 2.10. The Morgan fingerprint density at radius 3 is 2.58 bits per heavy atom. The van der Waals surface area contributed by atoms with Gasteiger partial charge in [-0.25, -0.2) is 0 Å². The number of nitrogens with zero attached hydrogens (tertiary/aromatic N) is 1. The molecule has 1 saturated heterocycles. The summed E-state index contributed by atoms with van der Waals surface area (Å²) in [7, 11) is 2.12. The van der Waals surface area contributed by atoms with Gasteiger partial charge in [-0.1, -0.05) is 29.3 Å². The maximum absolute atomic E-state index is 6.09. The predicted octanol–water partition coefficient (Wildman–Crippen LogP) is 3.10. The Balaban J connectivity index is 2.15. The lowest BCUT2D eigenvalue weighted by Crippen LogP contribution is -2.41. The molecule has 2 rings (SSSR count). The summed E-state index contributed by atoms with van der Waals surface area (Å²) in [6, 6.07) is 6.42. The molecule has 1 atom stereocenters. The Morgan fingerprint density at radius 1 is 1.32 bits per heavy atom. The van der Waals surface area contributed by atoms with E-state index >= 15 is 0 Å². The van der Waals surface area contributed by atoms with Crippen LogP contribution in [-0.2, 0) is 4.74 Å². The van der Waals surface area contributed by atoms with Crippen LogP contribution in [-0.4, -0.2) is 37.7 Å². The lowest BCUT2D eigenvalue weighted by atomic mass is 10.0. The zero-order valence-electron chi connectivity index (χ0n) is 11.1. The van der Waals surface area contributed by atoms with Crippen molar-refractivity contribution in [2.24, 2.45) is 5.73 Å². The van der Waals surface area contributed by atoms with E-state index in [9.17, 15) is 0 Å². The van der Waals surface area contributed by atoms with Gasteiger partial charge in [-0.3, -0.25) is 4.90 Å². The lowest BCUT2D eigenvalue weighted by Gasteiger charge is -2.37. The third-order valence-corrected chi connectivity index (χ3v) is 4.55. The molecule has 1 unspecified atom stereocenters. The highest BCUT2D eigenvalue weighted by molar-refractivity contribution is 6.42. The van der Waals surface area contributed by atoms with E-state index in [1.54, 1.807) is 0 Å². The molecule has 1 aliphatic rings. The highest BCUT2D eigenvalue weighted by Crippen LogP contribution is 2.29. The van der Waals surface area contributed by atoms with Crippen molar-refractivity contribution in [3.05, 3.63) is 33.8 Å². The summed E-state index contributed by atoms with van der Waals surface area (Å²) < 4.78 is 5.41. The van der Waals surface area contributed by atoms with Gasteiger partial charge < -0.3 is 10.5 Å². The van der Waals surface area contributed by atoms with Crippen LogP contribution in [0.5, 0.6) is 0 Å². The summed E-state index contributed by atoms with van der Waals surface area (Å²) in [5, 5.41) is 1.16. The molecule has 1 aromatic rings. The standard InChI is InChI=1S/C14H20Cl2N2O/c1-18(11-4-6-19-7-5-11)14(9-17)10-2-3-12(15)13(16)8-10/h2-3,8,11,14H,4-7,9,17H2,1H3. The van der Waals surface area contributed by atoms with E-state index in [2.05, 4.69) is 11.9 Å². The second kappa shape index (κ2) is 6.91. The second-order valence-corrected chi connectivity index (χ2v) is 5.75. The number of halogens is 2. The van der Waals surface area contributed by atoms with Crippen molar-refractivity contribution in [1.29, 1.82) is 0 Å². The number of hydrogen-bond acceptors (Lipinski definition) is 3. The van der Waals surface area contributed by atoms with Crippen LogP contribution in [0, 0.1) is 0 Å². The van der Waals surface area contributed by atoms with Crippen molar-refractivity contribution in [2.75, 3.05) is 26.8 Å². The number of rotatable bonds is 4. The Kier molecular flexibility index (Phi) is 5.48. The van der Waals surface area contributed by atoms with Crippen LogP contribution in [0.4, 0.5) is 0 Å². The second-order valence-electron chi connectivity index (χ2n) is 4.93. The maximum Gasteiger partial charge on any atom is 0.0595 e. The molecule has 19 heavy (non-hydrogen) atoms. The molecule has 1 fully saturated rings. The molecule has 1 heterocycles. The normalized spacial score (nSPS) is 18.8. The molecule has 0 aromatic heterocycles. The monoisotopic (exact) mass is 302 g/mol. The molecule has 5 heteroatoms. The smallest absolute Gasteiger partial charge is 0.0595 e. The predicted molar refractivity (Wildman–Crippen MR) is 79.9 cm³/mol. The third kappa shape index (κ3) is 3.61. The maximum atomic E-state index is 6.09. The first-order valence-electron chi connectivity index (χ1n) is 6.58. The molecule has 2 N–H and O–H groups in total. The Hall–Kier alpha value is -0.320. The number of likely N-dealkylation sites (N-methyl/N-ethyl adjacent to an activating group) is 1. The molecule has 1 aromatic carbocycles. The van der Waals surface area contributed by atoms with Gasteiger partial charge in [0.15, 0.2) is 0 Å². The summed E-state index contributed by atoms with van der Waals surface area (Å²) in [4.78, 5) is 2.34. The summed E-state index contributed by atoms with van der Waals surface area (Å²) >= 11 is 12.1. The van der Waals surface area contributed by atoms with E-state index in [1.165, 1.54) is 0 Å². The van der Waals surface area contributed by atoms with E-state index < -0.39 is 0 Å². The van der Waals surface area contributed by atoms with Crippen LogP contribution in [0.15, 0.2) is 18.2 Å². The third-order valence-electron chi connectivity index (χ3n) is 3.81. The van der Waals surface area contributed by atoms with Crippen LogP contribution in [0.25, 0.3) is 0 Å². The number of benzene rings is 1. The van der Waals surface area contributed by atoms with Crippen molar-refractivity contribution in [1.82, 2.24) is 4.90 Å². The van der Waals surface area contributed by atoms with Gasteiger partial charge in [-0.2, -0.15) is 0 Å². The lowest BCUT2D eigenvalue weighted by molar-refractivity contribution is 0.0294. The van der Waals surface area contributed by atoms with E-state index in [-0.39, 0.29) is 6.04 Å². The Bertz CT molecular complexity index is 422. The number of nitrogens with two attached hydrogens (primary N) is 1. The molecule has 0 aliphatic carbocycles. The molecule has 0 saturated carbocycles. The van der Waals surface area contributed by atoms with E-state index in [0.29, 0.717) is 22.6 Å². The molecular weight excluding hydrogens is 283 g/mol. The van der Waals surface area contributed by atoms with Gasteiger partial charge in [0.1, 0.15) is 0 Å². The Labute approximate surface area is 124 Å². The van der Waals surface area contributed by atoms with Crippen LogP contribution in [0.2, 0.25) is 10.0 Å². The first-order chi connectivity index (χ1) is 9.13. The van der Waals surface area contributed by atoms with Crippen molar-refractivity contribution >= 4 is 23.2 Å². The first kappa shape index (κ1) is 15.1. The largest absolute Gasteiger partial charge is 0.381 e. The summed E-state index contributed by atoms with van der Waals surface area (Å²) in [6.45, 7) is 2.22. The molecular formula is C14H20Cl2N2O. The minimum absolute atomic E-state index is 0.165. The van der Waals surface area contributed by atoms with E-state index in [0.717, 1.165) is 31.6 Å². The quantitative estimate of drug-likeness (QED) is 0.929. The number of hydrogen-bond donors (Lipinski definition) is 1. The van der Waals surface area contributed by atoms with Gasteiger partial charge in [0.25, 0.3) is 0 Å². The fourth-order valence-corrected chi connectivity index (χ4v) is 2.91. The summed E-state index contributed by atoms with van der Waals surface area (Å²) in [5.41, 5.74) is 7.07. The SMILES string of the molecule is CN(C1CCOCC1)C(CN)c1ccc(Cl)c(Cl)c1. The van der Waals surface area contributed by atoms with Gasteiger partial charge in [-0.15, -0.1) is 0 Å². The molecule has 0 bridgehead atoms. The Morgan fingerprint density at radius 2 is 2.00 bits per heavy atom. The van der Waals surface area contributed by atoms with Gasteiger partial charge in [0.05, 0.1) is 10.0 Å². The molecule has 0 spiro atoms. The van der Waals surface area contributed by atoms with Crippen LogP contribution < -0.4 is 5.73 Å². The van der Waals surface area contributed by atoms with Gasteiger partial charge >= 0.3 is 0 Å². The summed E-state index contributed by atoms with van der Waals surface area (Å²) in [5.74, 6) is 0. The van der Waals surface area contributed by atoms with Crippen molar-refractivity contribution < 1.29 is 4.74 Å². The van der Waals surface area contributed by atoms with Crippen LogP contribution in [0.3, 0.4) is 0 Å². The van der Waals surface area contributed by atoms with Gasteiger partial charge in [-0.05, 0) is 37.6 Å². The minimum Gasteiger partial charge on any atom is -0.381 e. The minimum atomic E-state index is 0.165. The fourth-order valence-electron chi connectivity index (χ4n) is 2.60. The first-order valence-corrected chi connectivity index (χ1v) is 7.33. The van der Waals surface area contributed by atoms with E-state index in [1.807, 2.05) is 18.2 Å². The molecule has 0 amide bonds. The fraction of sp³-hybridized carbons (Fsp3) is 0.571. The van der Waals surface area contributed by atoms with Crippen LogP contribution in [0.1, 0.15) is 24.4 Å².